The van der Waals surface area contributed by atoms with Gasteiger partial charge in [0.1, 0.15) is 11.5 Å². The molecule has 4 nitrogen and oxygen atoms in total. The van der Waals surface area contributed by atoms with E-state index in [1.54, 1.807) is 6.92 Å². The van der Waals surface area contributed by atoms with Crippen molar-refractivity contribution in [2.24, 2.45) is 0 Å². The summed E-state index contributed by atoms with van der Waals surface area (Å²) in [7, 11) is 0. The van der Waals surface area contributed by atoms with E-state index in [1.165, 1.54) is 0 Å². The Morgan fingerprint density at radius 1 is 0.889 bits per heavy atom. The lowest BCUT2D eigenvalue weighted by molar-refractivity contribution is -0.127. The molecule has 4 heteroatoms. The van der Waals surface area contributed by atoms with Crippen LogP contribution >= 0.6 is 0 Å². The molecule has 0 spiro atoms. The molecule has 1 amide bonds. The van der Waals surface area contributed by atoms with Crippen molar-refractivity contribution in [3.05, 3.63) is 72.3 Å². The molecular weight excluding hydrogens is 338 g/mol. The van der Waals surface area contributed by atoms with Crippen molar-refractivity contribution in [3.63, 3.8) is 0 Å². The van der Waals surface area contributed by atoms with Crippen LogP contribution in [0.4, 0.5) is 0 Å². The van der Waals surface area contributed by atoms with Crippen LogP contribution in [0.15, 0.2) is 66.7 Å². The van der Waals surface area contributed by atoms with Gasteiger partial charge in [-0.25, -0.2) is 0 Å². The van der Waals surface area contributed by atoms with E-state index in [1.807, 2.05) is 80.6 Å². The van der Waals surface area contributed by atoms with Gasteiger partial charge < -0.3 is 14.8 Å². The number of hydrogen-bond donors (Lipinski definition) is 1. The van der Waals surface area contributed by atoms with Crippen molar-refractivity contribution < 1.29 is 14.3 Å². The lowest BCUT2D eigenvalue weighted by Gasteiger charge is -2.16. The minimum atomic E-state index is -0.584. The zero-order valence-electron chi connectivity index (χ0n) is 15.9. The van der Waals surface area contributed by atoms with Crippen LogP contribution in [0.1, 0.15) is 26.3 Å². The molecule has 0 aliphatic heterocycles. The van der Waals surface area contributed by atoms with Gasteiger partial charge in [0.2, 0.25) is 0 Å². The summed E-state index contributed by atoms with van der Waals surface area (Å²) in [6.07, 6.45) is -0.443. The van der Waals surface area contributed by atoms with Gasteiger partial charge in [-0.2, -0.15) is 0 Å². The number of rotatable bonds is 7. The number of benzene rings is 3. The molecule has 0 saturated carbocycles. The summed E-state index contributed by atoms with van der Waals surface area (Å²) in [5, 5.41) is 5.01. The van der Waals surface area contributed by atoms with E-state index in [0.29, 0.717) is 12.3 Å². The maximum Gasteiger partial charge on any atom is 0.261 e. The van der Waals surface area contributed by atoms with Crippen molar-refractivity contribution in [1.29, 1.82) is 0 Å². The Bertz CT molecular complexity index is 898. The second kappa shape index (κ2) is 8.58. The van der Waals surface area contributed by atoms with Gasteiger partial charge in [-0.1, -0.05) is 48.5 Å². The second-order valence-corrected chi connectivity index (χ2v) is 6.77. The normalized spacial score (nSPS) is 12.0. The van der Waals surface area contributed by atoms with Crippen LogP contribution in [0.2, 0.25) is 0 Å². The Morgan fingerprint density at radius 2 is 1.59 bits per heavy atom. The summed E-state index contributed by atoms with van der Waals surface area (Å²) in [4.78, 5) is 12.4. The monoisotopic (exact) mass is 363 g/mol. The number of amides is 1. The van der Waals surface area contributed by atoms with Crippen molar-refractivity contribution >= 4 is 16.7 Å². The highest BCUT2D eigenvalue weighted by molar-refractivity contribution is 5.89. The van der Waals surface area contributed by atoms with Crippen LogP contribution in [0.25, 0.3) is 10.8 Å². The average Bonchev–Trinajstić information content (AvgIpc) is 2.67. The van der Waals surface area contributed by atoms with E-state index in [9.17, 15) is 4.79 Å². The number of fused-ring (bicyclic) bond motifs is 1. The van der Waals surface area contributed by atoms with E-state index >= 15 is 0 Å². The van der Waals surface area contributed by atoms with Crippen LogP contribution in [-0.4, -0.2) is 18.1 Å². The fourth-order valence-electron chi connectivity index (χ4n) is 2.83. The predicted molar refractivity (Wildman–Crippen MR) is 108 cm³/mol. The summed E-state index contributed by atoms with van der Waals surface area (Å²) >= 11 is 0. The maximum absolute atomic E-state index is 12.4. The molecule has 1 N–H and O–H groups in total. The molecule has 0 fully saturated rings. The molecule has 0 saturated heterocycles. The number of nitrogens with one attached hydrogen (secondary N) is 1. The molecule has 27 heavy (non-hydrogen) atoms. The summed E-state index contributed by atoms with van der Waals surface area (Å²) in [5.41, 5.74) is 1.01. The fourth-order valence-corrected chi connectivity index (χ4v) is 2.83. The Balaban J connectivity index is 1.57. The molecule has 0 radical (unpaired) electrons. The quantitative estimate of drug-likeness (QED) is 0.661. The van der Waals surface area contributed by atoms with Gasteiger partial charge in [0, 0.05) is 11.9 Å². The molecule has 140 valence electrons. The lowest BCUT2D eigenvalue weighted by Crippen LogP contribution is -2.35. The Hall–Kier alpha value is -3.01. The van der Waals surface area contributed by atoms with Crippen molar-refractivity contribution in [2.45, 2.75) is 39.5 Å². The Kier molecular flexibility index (Phi) is 5.97. The number of carbonyl (C=O) groups excluding carboxylic acids is 1. The zero-order chi connectivity index (χ0) is 19.2. The standard InChI is InChI=1S/C23H25NO3/c1-16(2)26-20-13-11-18(12-14-20)15-24-23(25)17(3)27-22-10-6-8-19-7-4-5-9-21(19)22/h4-14,16-17H,15H2,1-3H3,(H,24,25)/t17-/m0/s1. The van der Waals surface area contributed by atoms with Gasteiger partial charge in [0.05, 0.1) is 6.10 Å². The summed E-state index contributed by atoms with van der Waals surface area (Å²) in [6.45, 7) is 6.19. The molecule has 0 aliphatic rings. The minimum Gasteiger partial charge on any atom is -0.491 e. The van der Waals surface area contributed by atoms with Crippen molar-refractivity contribution in [2.75, 3.05) is 0 Å². The first-order valence-electron chi connectivity index (χ1n) is 9.20. The third kappa shape index (κ3) is 5.00. The average molecular weight is 363 g/mol. The van der Waals surface area contributed by atoms with Crippen LogP contribution in [0.3, 0.4) is 0 Å². The van der Waals surface area contributed by atoms with Crippen LogP contribution in [-0.2, 0) is 11.3 Å². The maximum atomic E-state index is 12.4. The SMILES string of the molecule is CC(C)Oc1ccc(CNC(=O)[C@H](C)Oc2cccc3ccccc23)cc1. The first-order valence-corrected chi connectivity index (χ1v) is 9.20. The highest BCUT2D eigenvalue weighted by Crippen LogP contribution is 2.26. The molecule has 3 rings (SSSR count). The molecule has 0 unspecified atom stereocenters. The van der Waals surface area contributed by atoms with Crippen LogP contribution in [0, 0.1) is 0 Å². The smallest absolute Gasteiger partial charge is 0.261 e. The fraction of sp³-hybridized carbons (Fsp3) is 0.261. The largest absolute Gasteiger partial charge is 0.491 e. The van der Waals surface area contributed by atoms with E-state index in [4.69, 9.17) is 9.47 Å². The highest BCUT2D eigenvalue weighted by Gasteiger charge is 2.15. The van der Waals surface area contributed by atoms with Crippen LogP contribution < -0.4 is 14.8 Å². The number of ether oxygens (including phenoxy) is 2. The van der Waals surface area contributed by atoms with Crippen molar-refractivity contribution in [1.82, 2.24) is 5.32 Å². The first kappa shape index (κ1) is 18.8. The molecular formula is C23H25NO3. The van der Waals surface area contributed by atoms with Gasteiger partial charge in [-0.05, 0) is 49.9 Å². The molecule has 3 aromatic carbocycles. The van der Waals surface area contributed by atoms with E-state index in [2.05, 4.69) is 5.32 Å². The number of hydrogen-bond acceptors (Lipinski definition) is 3. The van der Waals surface area contributed by atoms with E-state index in [-0.39, 0.29) is 12.0 Å². The molecule has 1 atom stereocenters. The summed E-state index contributed by atoms with van der Waals surface area (Å²) < 4.78 is 11.5. The van der Waals surface area contributed by atoms with Gasteiger partial charge >= 0.3 is 0 Å². The highest BCUT2D eigenvalue weighted by atomic mass is 16.5. The van der Waals surface area contributed by atoms with E-state index < -0.39 is 6.10 Å². The summed E-state index contributed by atoms with van der Waals surface area (Å²) in [5.74, 6) is 1.39. The molecule has 0 bridgehead atoms. The van der Waals surface area contributed by atoms with Gasteiger partial charge in [0.15, 0.2) is 6.10 Å². The van der Waals surface area contributed by atoms with Gasteiger partial charge in [-0.15, -0.1) is 0 Å². The predicted octanol–water partition coefficient (Wildman–Crippen LogP) is 4.71. The third-order valence-corrected chi connectivity index (χ3v) is 4.18. The molecule has 0 aromatic heterocycles. The van der Waals surface area contributed by atoms with Crippen LogP contribution in [0.5, 0.6) is 11.5 Å². The number of carbonyl (C=O) groups is 1. The molecule has 0 heterocycles. The topological polar surface area (TPSA) is 47.6 Å². The Morgan fingerprint density at radius 3 is 2.33 bits per heavy atom. The lowest BCUT2D eigenvalue weighted by atomic mass is 10.1. The van der Waals surface area contributed by atoms with Crippen molar-refractivity contribution in [3.8, 4) is 11.5 Å². The minimum absolute atomic E-state index is 0.141. The Labute approximate surface area is 160 Å². The first-order chi connectivity index (χ1) is 13.0. The zero-order valence-corrected chi connectivity index (χ0v) is 15.9. The molecule has 0 aliphatic carbocycles. The second-order valence-electron chi connectivity index (χ2n) is 6.77. The van der Waals surface area contributed by atoms with E-state index in [0.717, 1.165) is 22.1 Å². The van der Waals surface area contributed by atoms with Gasteiger partial charge in [0.25, 0.3) is 5.91 Å². The van der Waals surface area contributed by atoms with Gasteiger partial charge in [-0.3, -0.25) is 4.79 Å². The molecule has 3 aromatic rings. The summed E-state index contributed by atoms with van der Waals surface area (Å²) in [6, 6.07) is 21.6. The third-order valence-electron chi connectivity index (χ3n) is 4.18.